The fourth-order valence-electron chi connectivity index (χ4n) is 3.61. The molecule has 3 heterocycles. The van der Waals surface area contributed by atoms with E-state index < -0.39 is 40.6 Å². The van der Waals surface area contributed by atoms with Gasteiger partial charge >= 0.3 is 7.75 Å². The highest BCUT2D eigenvalue weighted by Crippen LogP contribution is 2.48. The molecule has 3 rings (SSSR count). The van der Waals surface area contributed by atoms with E-state index in [0.717, 1.165) is 4.67 Å². The monoisotopic (exact) mass is 569 g/mol. The van der Waals surface area contributed by atoms with Gasteiger partial charge in [0.25, 0.3) is 5.95 Å². The van der Waals surface area contributed by atoms with Crippen LogP contribution >= 0.6 is 7.75 Å². The third-order valence-electron chi connectivity index (χ3n) is 6.80. The van der Waals surface area contributed by atoms with Crippen molar-refractivity contribution in [1.82, 2.24) is 29.1 Å². The second kappa shape index (κ2) is 11.5. The summed E-state index contributed by atoms with van der Waals surface area (Å²) in [5.41, 5.74) is 0.965. The highest BCUT2D eigenvalue weighted by molar-refractivity contribution is 7.50. The van der Waals surface area contributed by atoms with Gasteiger partial charge in [-0.15, -0.1) is 0 Å². The Kier molecular flexibility index (Phi) is 9.19. The number of aliphatic hydroxyl groups is 1. The molecule has 2 aromatic rings. The first-order valence-electron chi connectivity index (χ1n) is 12.4. The van der Waals surface area contributed by atoms with E-state index in [-0.39, 0.29) is 24.1 Å². The van der Waals surface area contributed by atoms with Crippen molar-refractivity contribution in [3.05, 3.63) is 25.3 Å². The number of aliphatic imine (C=N–C) groups is 1. The van der Waals surface area contributed by atoms with Crippen molar-refractivity contribution in [3.63, 3.8) is 0 Å². The minimum absolute atomic E-state index is 0.147. The summed E-state index contributed by atoms with van der Waals surface area (Å²) in [6.45, 7) is 15.6. The van der Waals surface area contributed by atoms with Crippen LogP contribution in [0.1, 0.15) is 33.9 Å². The molecule has 0 amide bonds. The summed E-state index contributed by atoms with van der Waals surface area (Å²) in [5.74, 6) is 0.235. The van der Waals surface area contributed by atoms with Crippen molar-refractivity contribution in [2.24, 2.45) is 4.99 Å². The van der Waals surface area contributed by atoms with Crippen LogP contribution < -0.4 is 0 Å². The number of hydrogen-bond donors (Lipinski definition) is 2. The maximum atomic E-state index is 12.7. The molecule has 1 fully saturated rings. The van der Waals surface area contributed by atoms with Gasteiger partial charge in [0.15, 0.2) is 20.2 Å². The highest BCUT2D eigenvalue weighted by atomic mass is 31.2. The molecule has 1 aliphatic heterocycles. The Bertz CT molecular complexity index is 1200. The fourth-order valence-corrected chi connectivity index (χ4v) is 5.96. The molecule has 0 aliphatic carbocycles. The average molecular weight is 570 g/mol. The average Bonchev–Trinajstić information content (AvgIpc) is 3.36. The molecule has 38 heavy (non-hydrogen) atoms. The molecule has 2 aromatic heterocycles. The van der Waals surface area contributed by atoms with Gasteiger partial charge in [-0.05, 0) is 25.1 Å². The van der Waals surface area contributed by atoms with Gasteiger partial charge in [0, 0.05) is 26.8 Å². The molecule has 1 aliphatic rings. The number of ether oxygens (including phenoxy) is 1. The Labute approximate surface area is 224 Å². The summed E-state index contributed by atoms with van der Waals surface area (Å²) in [4.78, 5) is 29.6. The normalized spacial score (nSPS) is 24.2. The van der Waals surface area contributed by atoms with Gasteiger partial charge in [0.05, 0.1) is 25.5 Å². The molecule has 0 bridgehead atoms. The van der Waals surface area contributed by atoms with Crippen molar-refractivity contribution < 1.29 is 28.3 Å². The Hall–Kier alpha value is -2.19. The molecule has 0 spiro atoms. The molecule has 1 saturated heterocycles. The predicted octanol–water partition coefficient (Wildman–Crippen LogP) is 3.28. The van der Waals surface area contributed by atoms with Crippen molar-refractivity contribution in [2.45, 2.75) is 70.4 Å². The molecule has 0 radical (unpaired) electrons. The van der Waals surface area contributed by atoms with E-state index >= 15 is 0 Å². The maximum absolute atomic E-state index is 12.7. The fraction of sp³-hybridized carbons (Fsp3) is 0.652. The molecule has 212 valence electrons. The lowest BCUT2D eigenvalue weighted by Crippen LogP contribution is -2.48. The van der Waals surface area contributed by atoms with Crippen LogP contribution in [0.3, 0.4) is 0 Å². The predicted molar refractivity (Wildman–Crippen MR) is 148 cm³/mol. The Morgan fingerprint density at radius 3 is 2.61 bits per heavy atom. The van der Waals surface area contributed by atoms with E-state index in [1.807, 2.05) is 14.1 Å². The molecule has 0 saturated carbocycles. The lowest BCUT2D eigenvalue weighted by Gasteiger charge is -2.40. The number of aliphatic hydroxyl groups excluding tert-OH is 1. The Balaban J connectivity index is 1.98. The molecule has 0 aromatic carbocycles. The summed E-state index contributed by atoms with van der Waals surface area (Å²) in [5, 5.41) is 11.2. The van der Waals surface area contributed by atoms with Gasteiger partial charge in [0.1, 0.15) is 23.8 Å². The van der Waals surface area contributed by atoms with E-state index in [9.17, 15) is 14.6 Å². The zero-order valence-electron chi connectivity index (χ0n) is 23.3. The minimum Gasteiger partial charge on any atom is -0.407 e. The molecule has 2 N–H and O–H groups in total. The molecule has 1 unspecified atom stereocenters. The minimum atomic E-state index is -4.18. The van der Waals surface area contributed by atoms with Gasteiger partial charge in [-0.1, -0.05) is 27.4 Å². The first-order valence-corrected chi connectivity index (χ1v) is 16.8. The standard InChI is InChI=1S/C23H40N7O6PSi/c1-10-29(11-2)37(32,33)34-13-17-18(31)19(36-38(8,9)23(3,4)5)21(35-17)30-15-25-16-12-24-22(27-20(16)30)26-14-28(6)7/h10,12,14-15,17-19,21,31H,1,11,13H2,2-9H3,(H,32,33)/b26-14+/t17-,18-,19-,21-/m1/s1. The lowest BCUT2D eigenvalue weighted by molar-refractivity contribution is -0.0480. The summed E-state index contributed by atoms with van der Waals surface area (Å²) < 4.78 is 33.7. The molecule has 15 heteroatoms. The number of hydrogen-bond acceptors (Lipinski definition) is 9. The van der Waals surface area contributed by atoms with E-state index in [0.29, 0.717) is 11.2 Å². The SMILES string of the molecule is C=CN(CC)P(=O)(O)OC[C@H]1O[C@@H](n2cnc3cnc(/N=C/N(C)C)nc32)[C@H](O[Si](C)(C)C(C)(C)C)[C@@H]1O. The topological polar surface area (TPSA) is 148 Å². The molecular weight excluding hydrogens is 529 g/mol. The largest absolute Gasteiger partial charge is 0.432 e. The summed E-state index contributed by atoms with van der Waals surface area (Å²) in [6, 6.07) is 0. The second-order valence-corrected chi connectivity index (χ2v) is 17.4. The zero-order valence-corrected chi connectivity index (χ0v) is 25.2. The van der Waals surface area contributed by atoms with Gasteiger partial charge in [-0.2, -0.15) is 4.98 Å². The number of imidazole rings is 1. The number of fused-ring (bicyclic) bond motifs is 1. The summed E-state index contributed by atoms with van der Waals surface area (Å²) >= 11 is 0. The highest BCUT2D eigenvalue weighted by Gasteiger charge is 2.51. The molecule has 13 nitrogen and oxygen atoms in total. The van der Waals surface area contributed by atoms with Gasteiger partial charge in [-0.3, -0.25) is 13.8 Å². The third kappa shape index (κ3) is 6.50. The lowest BCUT2D eigenvalue weighted by atomic mass is 10.1. The van der Waals surface area contributed by atoms with E-state index in [1.165, 1.54) is 6.20 Å². The Morgan fingerprint density at radius 2 is 2.03 bits per heavy atom. The third-order valence-corrected chi connectivity index (χ3v) is 12.9. The quantitative estimate of drug-likeness (QED) is 0.178. The van der Waals surface area contributed by atoms with E-state index in [2.05, 4.69) is 60.4 Å². The molecular formula is C23H40N7O6PSi. The van der Waals surface area contributed by atoms with Gasteiger partial charge in [-0.25, -0.2) is 19.5 Å². The van der Waals surface area contributed by atoms with Crippen LogP contribution in [-0.2, 0) is 18.3 Å². The van der Waals surface area contributed by atoms with Gasteiger partial charge in [0.2, 0.25) is 0 Å². The smallest absolute Gasteiger partial charge is 0.407 e. The maximum Gasteiger partial charge on any atom is 0.432 e. The second-order valence-electron chi connectivity index (χ2n) is 10.9. The van der Waals surface area contributed by atoms with Crippen molar-refractivity contribution >= 4 is 39.5 Å². The van der Waals surface area contributed by atoms with Crippen LogP contribution in [0.25, 0.3) is 11.2 Å². The van der Waals surface area contributed by atoms with Crippen LogP contribution in [0.15, 0.2) is 30.3 Å². The van der Waals surface area contributed by atoms with Crippen LogP contribution in [0.4, 0.5) is 5.95 Å². The number of rotatable bonds is 11. The van der Waals surface area contributed by atoms with Gasteiger partial charge < -0.3 is 24.1 Å². The first-order chi connectivity index (χ1) is 17.6. The van der Waals surface area contributed by atoms with E-state index in [4.69, 9.17) is 13.7 Å². The van der Waals surface area contributed by atoms with Crippen molar-refractivity contribution in [3.8, 4) is 0 Å². The Morgan fingerprint density at radius 1 is 1.34 bits per heavy atom. The van der Waals surface area contributed by atoms with Crippen LogP contribution in [0.5, 0.6) is 0 Å². The van der Waals surface area contributed by atoms with Crippen LogP contribution in [0, 0.1) is 0 Å². The zero-order chi connectivity index (χ0) is 28.5. The van der Waals surface area contributed by atoms with E-state index in [1.54, 1.807) is 35.3 Å². The van der Waals surface area contributed by atoms with Crippen LogP contribution in [0.2, 0.25) is 18.1 Å². The first kappa shape index (κ1) is 30.3. The number of aromatic nitrogens is 4. The van der Waals surface area contributed by atoms with Crippen LogP contribution in [-0.4, -0.2) is 99.3 Å². The van der Waals surface area contributed by atoms with Crippen molar-refractivity contribution in [2.75, 3.05) is 27.2 Å². The van der Waals surface area contributed by atoms with Crippen molar-refractivity contribution in [1.29, 1.82) is 0 Å². The molecule has 5 atom stereocenters. The number of nitrogens with zero attached hydrogens (tertiary/aromatic N) is 7. The summed E-state index contributed by atoms with van der Waals surface area (Å²) in [7, 11) is -2.89. The summed E-state index contributed by atoms with van der Waals surface area (Å²) in [6.07, 6.45) is 2.19.